The molecule has 2 aliphatic rings. The first-order chi connectivity index (χ1) is 11.5. The second-order valence-corrected chi connectivity index (χ2v) is 9.66. The van der Waals surface area contributed by atoms with Crippen molar-refractivity contribution in [1.29, 1.82) is 0 Å². The third kappa shape index (κ3) is 2.60. The number of hydrogen-bond donors (Lipinski definition) is 0. The maximum Gasteiger partial charge on any atom is 0.281 e. The predicted octanol–water partition coefficient (Wildman–Crippen LogP) is 2.53. The van der Waals surface area contributed by atoms with Crippen molar-refractivity contribution in [2.45, 2.75) is 45.4 Å². The van der Waals surface area contributed by atoms with E-state index in [-0.39, 0.29) is 5.92 Å². The van der Waals surface area contributed by atoms with Crippen LogP contribution in [0.4, 0.5) is 0 Å². The number of imidazole rings is 1. The van der Waals surface area contributed by atoms with Crippen molar-refractivity contribution < 1.29 is 8.42 Å². The Bertz CT molecular complexity index is 849. The lowest BCUT2D eigenvalue weighted by atomic mass is 9.97. The summed E-state index contributed by atoms with van der Waals surface area (Å²) in [5, 5.41) is 2.15. The molecule has 4 heterocycles. The zero-order chi connectivity index (χ0) is 16.9. The van der Waals surface area contributed by atoms with E-state index in [0.717, 1.165) is 37.2 Å². The molecule has 0 spiro atoms. The minimum absolute atomic E-state index is 0.192. The molecule has 0 radical (unpaired) electrons. The molecule has 0 aliphatic carbocycles. The van der Waals surface area contributed by atoms with E-state index in [1.54, 1.807) is 19.9 Å². The number of piperidine rings is 1. The Morgan fingerprint density at radius 1 is 1.12 bits per heavy atom. The van der Waals surface area contributed by atoms with E-state index in [9.17, 15) is 8.42 Å². The summed E-state index contributed by atoms with van der Waals surface area (Å²) in [4.78, 5) is 5.96. The molecule has 4 rings (SSSR count). The molecular formula is C16H24N4O2S2. The lowest BCUT2D eigenvalue weighted by molar-refractivity contribution is 0.291. The van der Waals surface area contributed by atoms with Crippen LogP contribution in [0.15, 0.2) is 5.38 Å². The van der Waals surface area contributed by atoms with Gasteiger partial charge in [-0.1, -0.05) is 0 Å². The number of thiazole rings is 1. The highest BCUT2D eigenvalue weighted by Crippen LogP contribution is 2.34. The van der Waals surface area contributed by atoms with Crippen LogP contribution in [0.25, 0.3) is 4.83 Å². The Kier molecular flexibility index (Phi) is 4.19. The molecule has 0 saturated carbocycles. The molecule has 2 aromatic rings. The highest BCUT2D eigenvalue weighted by Gasteiger charge is 2.36. The van der Waals surface area contributed by atoms with Gasteiger partial charge in [0.05, 0.1) is 5.69 Å². The average molecular weight is 369 g/mol. The molecule has 0 aromatic carbocycles. The average Bonchev–Trinajstić information content (AvgIpc) is 3.28. The predicted molar refractivity (Wildman–Crippen MR) is 95.8 cm³/mol. The maximum atomic E-state index is 12.9. The second-order valence-electron chi connectivity index (χ2n) is 6.87. The summed E-state index contributed by atoms with van der Waals surface area (Å²) in [6, 6.07) is 0. The first-order valence-electron chi connectivity index (χ1n) is 8.67. The highest BCUT2D eigenvalue weighted by atomic mass is 32.2. The lowest BCUT2D eigenvalue weighted by Gasteiger charge is -2.33. The summed E-state index contributed by atoms with van der Waals surface area (Å²) in [5.74, 6) is 1.19. The van der Waals surface area contributed by atoms with Crippen LogP contribution in [-0.4, -0.2) is 52.6 Å². The Morgan fingerprint density at radius 3 is 2.58 bits per heavy atom. The smallest absolute Gasteiger partial charge is 0.281 e. The van der Waals surface area contributed by atoms with E-state index in [0.29, 0.717) is 26.2 Å². The monoisotopic (exact) mass is 368 g/mol. The summed E-state index contributed by atoms with van der Waals surface area (Å²) >= 11 is 1.71. The van der Waals surface area contributed by atoms with Crippen LogP contribution >= 0.6 is 11.3 Å². The molecule has 1 unspecified atom stereocenters. The van der Waals surface area contributed by atoms with Crippen LogP contribution in [0.5, 0.6) is 0 Å². The molecule has 2 aromatic heterocycles. The van der Waals surface area contributed by atoms with Crippen molar-refractivity contribution in [3.8, 4) is 0 Å². The number of aromatic nitrogens is 2. The lowest BCUT2D eigenvalue weighted by Crippen LogP contribution is -2.46. The zero-order valence-corrected chi connectivity index (χ0v) is 15.9. The Labute approximate surface area is 147 Å². The van der Waals surface area contributed by atoms with Gasteiger partial charge in [-0.15, -0.1) is 11.3 Å². The standard InChI is InChI=1S/C16H24N4O2S2/c1-12-11-23-16-15(17-13(2)20(12)16)14-6-5-9-19(10-14)24(21,22)18-7-3-4-8-18/h11,14H,3-10H2,1-2H3. The minimum atomic E-state index is -3.31. The van der Waals surface area contributed by atoms with Crippen LogP contribution in [0.1, 0.15) is 48.8 Å². The van der Waals surface area contributed by atoms with Gasteiger partial charge in [0.2, 0.25) is 0 Å². The van der Waals surface area contributed by atoms with Crippen LogP contribution in [0.3, 0.4) is 0 Å². The second kappa shape index (κ2) is 6.09. The Morgan fingerprint density at radius 2 is 1.83 bits per heavy atom. The number of hydrogen-bond acceptors (Lipinski definition) is 4. The van der Waals surface area contributed by atoms with Gasteiger partial charge in [-0.25, -0.2) is 4.98 Å². The van der Waals surface area contributed by atoms with Gasteiger partial charge in [0.25, 0.3) is 10.2 Å². The molecule has 0 bridgehead atoms. The molecule has 132 valence electrons. The Hall–Kier alpha value is -0.960. The van der Waals surface area contributed by atoms with Gasteiger partial charge in [-0.3, -0.25) is 4.40 Å². The van der Waals surface area contributed by atoms with Crippen LogP contribution < -0.4 is 0 Å². The van der Waals surface area contributed by atoms with Gasteiger partial charge in [-0.05, 0) is 39.5 Å². The van der Waals surface area contributed by atoms with Crippen molar-refractivity contribution in [3.05, 3.63) is 22.6 Å². The molecular weight excluding hydrogens is 344 g/mol. The first-order valence-corrected chi connectivity index (χ1v) is 10.9. The molecule has 0 amide bonds. The molecule has 0 N–H and O–H groups in total. The van der Waals surface area contributed by atoms with Crippen LogP contribution in [-0.2, 0) is 10.2 Å². The van der Waals surface area contributed by atoms with Crippen molar-refractivity contribution >= 4 is 26.4 Å². The summed E-state index contributed by atoms with van der Waals surface area (Å²) in [6.07, 6.45) is 3.87. The molecule has 1 atom stereocenters. The van der Waals surface area contributed by atoms with E-state index < -0.39 is 10.2 Å². The molecule has 24 heavy (non-hydrogen) atoms. The van der Waals surface area contributed by atoms with Gasteiger partial charge in [0.15, 0.2) is 0 Å². The summed E-state index contributed by atoms with van der Waals surface area (Å²) < 4.78 is 31.3. The van der Waals surface area contributed by atoms with Gasteiger partial charge in [0, 0.05) is 43.2 Å². The van der Waals surface area contributed by atoms with E-state index >= 15 is 0 Å². The first kappa shape index (κ1) is 16.5. The van der Waals surface area contributed by atoms with E-state index in [1.165, 1.54) is 10.5 Å². The van der Waals surface area contributed by atoms with Crippen LogP contribution in [0, 0.1) is 13.8 Å². The summed E-state index contributed by atoms with van der Waals surface area (Å²) in [7, 11) is -3.31. The molecule has 6 nitrogen and oxygen atoms in total. The highest BCUT2D eigenvalue weighted by molar-refractivity contribution is 7.86. The normalized spacial score (nSPS) is 24.2. The third-order valence-electron chi connectivity index (χ3n) is 5.21. The quantitative estimate of drug-likeness (QED) is 0.836. The largest absolute Gasteiger partial charge is 0.292 e. The number of aryl methyl sites for hydroxylation is 2. The number of fused-ring (bicyclic) bond motifs is 1. The Balaban J connectivity index is 1.62. The van der Waals surface area contributed by atoms with E-state index in [4.69, 9.17) is 4.98 Å². The van der Waals surface area contributed by atoms with E-state index in [1.807, 2.05) is 6.92 Å². The fourth-order valence-electron chi connectivity index (χ4n) is 3.98. The summed E-state index contributed by atoms with van der Waals surface area (Å²) in [6.45, 7) is 6.64. The number of nitrogens with zero attached hydrogens (tertiary/aromatic N) is 4. The molecule has 8 heteroatoms. The van der Waals surface area contributed by atoms with Gasteiger partial charge >= 0.3 is 0 Å². The van der Waals surface area contributed by atoms with Gasteiger partial charge in [0.1, 0.15) is 10.7 Å². The fraction of sp³-hybridized carbons (Fsp3) is 0.688. The molecule has 2 aliphatic heterocycles. The van der Waals surface area contributed by atoms with Crippen molar-refractivity contribution in [1.82, 2.24) is 18.0 Å². The van der Waals surface area contributed by atoms with Crippen molar-refractivity contribution in [2.75, 3.05) is 26.2 Å². The summed E-state index contributed by atoms with van der Waals surface area (Å²) in [5.41, 5.74) is 2.27. The molecule has 2 fully saturated rings. The van der Waals surface area contributed by atoms with Crippen molar-refractivity contribution in [3.63, 3.8) is 0 Å². The van der Waals surface area contributed by atoms with Crippen LogP contribution in [0.2, 0.25) is 0 Å². The third-order valence-corrected chi connectivity index (χ3v) is 8.29. The maximum absolute atomic E-state index is 12.9. The zero-order valence-electron chi connectivity index (χ0n) is 14.2. The topological polar surface area (TPSA) is 57.9 Å². The minimum Gasteiger partial charge on any atom is -0.292 e. The molecule has 2 saturated heterocycles. The SMILES string of the molecule is Cc1csc2c(C3CCCN(S(=O)(=O)N4CCCC4)C3)nc(C)n12. The van der Waals surface area contributed by atoms with E-state index in [2.05, 4.69) is 16.7 Å². The van der Waals surface area contributed by atoms with Gasteiger partial charge in [-0.2, -0.15) is 17.0 Å². The van der Waals surface area contributed by atoms with Crippen molar-refractivity contribution in [2.24, 2.45) is 0 Å². The fourth-order valence-corrected chi connectivity index (χ4v) is 6.86. The number of rotatable bonds is 3. The van der Waals surface area contributed by atoms with Gasteiger partial charge < -0.3 is 0 Å².